The van der Waals surface area contributed by atoms with Crippen molar-refractivity contribution < 1.29 is 138 Å². The molecule has 0 heterocycles. The van der Waals surface area contributed by atoms with E-state index in [1.165, 1.54) is 42.5 Å². The van der Waals surface area contributed by atoms with E-state index in [4.69, 9.17) is 11.5 Å². The topological polar surface area (TPSA) is 361 Å². The Morgan fingerprint density at radius 2 is 0.985 bits per heavy atom. The minimum Gasteiger partial charge on any atom is -0.744 e. The summed E-state index contributed by atoms with van der Waals surface area (Å²) in [4.78, 5) is 7.65. The van der Waals surface area contributed by atoms with Gasteiger partial charge >= 0.3 is 88.7 Å². The van der Waals surface area contributed by atoms with Crippen LogP contribution < -0.4 is 100 Å². The average Bonchev–Trinajstić information content (AvgIpc) is 3.22. The number of phenols is 1. The van der Waals surface area contributed by atoms with E-state index in [1.54, 1.807) is 42.5 Å². The largest absolute Gasteiger partial charge is 1.00 e. The Hall–Kier alpha value is -4.61. The predicted molar refractivity (Wildman–Crippen MR) is 220 cm³/mol. The van der Waals surface area contributed by atoms with E-state index in [2.05, 4.69) is 30.7 Å². The van der Waals surface area contributed by atoms with E-state index in [1.807, 2.05) is 0 Å². The van der Waals surface area contributed by atoms with Crippen molar-refractivity contribution in [2.24, 2.45) is 30.7 Å². The number of rotatable bonds is 11. The molecule has 21 nitrogen and oxygen atoms in total. The Morgan fingerprint density at radius 3 is 1.46 bits per heavy atom. The van der Waals surface area contributed by atoms with Crippen LogP contribution >= 0.6 is 0 Å². The summed E-state index contributed by atoms with van der Waals surface area (Å²) in [6, 6.07) is 25.6. The first-order valence-electron chi connectivity index (χ1n) is 17.2. The number of anilines is 2. The van der Waals surface area contributed by atoms with Gasteiger partial charge < -0.3 is 30.2 Å². The maximum atomic E-state index is 12.4. The van der Waals surface area contributed by atoms with Crippen LogP contribution in [-0.2, 0) is 30.4 Å². The Labute approximate surface area is 435 Å². The van der Waals surface area contributed by atoms with Gasteiger partial charge in [0, 0.05) is 28.6 Å². The number of azo groups is 3. The quantitative estimate of drug-likeness (QED) is 0.0365. The van der Waals surface area contributed by atoms with Gasteiger partial charge in [0.1, 0.15) is 41.7 Å². The molecule has 65 heavy (non-hydrogen) atoms. The van der Waals surface area contributed by atoms with Gasteiger partial charge in [-0.05, 0) is 89.3 Å². The van der Waals surface area contributed by atoms with E-state index in [0.29, 0.717) is 45.4 Å². The van der Waals surface area contributed by atoms with Crippen LogP contribution in [0.2, 0.25) is 0 Å². The Morgan fingerprint density at radius 1 is 0.523 bits per heavy atom. The number of benzene rings is 7. The molecule has 0 unspecified atom stereocenters. The Balaban J connectivity index is 0.00000308. The van der Waals surface area contributed by atoms with Crippen LogP contribution in [0, 0.1) is 10.1 Å². The second-order valence-corrected chi connectivity index (χ2v) is 17.1. The number of nitrogen functional groups attached to an aromatic ring is 2. The van der Waals surface area contributed by atoms with Crippen LogP contribution in [0.1, 0.15) is 0 Å². The summed E-state index contributed by atoms with van der Waals surface area (Å²) in [7, 11) is -15.6. The molecule has 7 aromatic rings. The molecule has 27 heteroatoms. The first-order valence-corrected chi connectivity index (χ1v) is 21.4. The number of phenolic OH excluding ortho intramolecular Hbond substituents is 1. The van der Waals surface area contributed by atoms with Crippen molar-refractivity contribution in [3.63, 3.8) is 0 Å². The van der Waals surface area contributed by atoms with Crippen molar-refractivity contribution in [2.45, 2.75) is 14.7 Å². The third-order valence-electron chi connectivity index (χ3n) is 9.07. The molecule has 0 bridgehead atoms. The zero-order valence-corrected chi connectivity index (χ0v) is 42.4. The third-order valence-corrected chi connectivity index (χ3v) is 11.6. The van der Waals surface area contributed by atoms with Crippen LogP contribution in [0.3, 0.4) is 0 Å². The summed E-state index contributed by atoms with van der Waals surface area (Å²) in [5.41, 5.74) is 12.1. The smallest absolute Gasteiger partial charge is 0.744 e. The normalized spacial score (nSPS) is 12.0. The molecule has 0 saturated carbocycles. The number of aromatic hydroxyl groups is 1. The van der Waals surface area contributed by atoms with Gasteiger partial charge in [0.15, 0.2) is 5.75 Å². The van der Waals surface area contributed by atoms with E-state index >= 15 is 0 Å². The number of nitro benzene ring substituents is 1. The van der Waals surface area contributed by atoms with Gasteiger partial charge in [0.2, 0.25) is 0 Å². The average molecular weight is 964 g/mol. The molecule has 0 aliphatic carbocycles. The maximum absolute atomic E-state index is 12.4. The van der Waals surface area contributed by atoms with Gasteiger partial charge in [-0.25, -0.2) is 25.3 Å². The van der Waals surface area contributed by atoms with Crippen LogP contribution in [0.25, 0.3) is 32.7 Å². The molecule has 0 fully saturated rings. The summed E-state index contributed by atoms with van der Waals surface area (Å²) < 4.78 is 109. The summed E-state index contributed by atoms with van der Waals surface area (Å²) in [6.07, 6.45) is 0. The van der Waals surface area contributed by atoms with Gasteiger partial charge in [0.05, 0.1) is 53.4 Å². The molecular formula is C38H24N9Na3O12S3. The van der Waals surface area contributed by atoms with Gasteiger partial charge in [-0.2, -0.15) is 15.3 Å². The molecule has 0 radical (unpaired) electrons. The monoisotopic (exact) mass is 963 g/mol. The number of nitro groups is 1. The molecule has 0 saturated heterocycles. The molecule has 0 aliphatic rings. The van der Waals surface area contributed by atoms with Crippen molar-refractivity contribution in [1.82, 2.24) is 0 Å². The Kier molecular flexibility index (Phi) is 17.1. The van der Waals surface area contributed by atoms with E-state index < -0.39 is 83.5 Å². The molecular weight excluding hydrogens is 940 g/mol. The van der Waals surface area contributed by atoms with Crippen molar-refractivity contribution in [2.75, 3.05) is 11.5 Å². The summed E-state index contributed by atoms with van der Waals surface area (Å²) in [6.45, 7) is 0. The fraction of sp³-hybridized carbons (Fsp3) is 0. The van der Waals surface area contributed by atoms with Gasteiger partial charge in [-0.1, -0.05) is 30.3 Å². The van der Waals surface area contributed by atoms with Crippen molar-refractivity contribution in [1.29, 1.82) is 0 Å². The minimum atomic E-state index is -5.44. The van der Waals surface area contributed by atoms with E-state index in [-0.39, 0.29) is 111 Å². The second-order valence-electron chi connectivity index (χ2n) is 13.0. The Bertz CT molecular complexity index is 3440. The minimum absolute atomic E-state index is 0. The first kappa shape index (κ1) is 53.0. The first-order chi connectivity index (χ1) is 29.2. The maximum Gasteiger partial charge on any atom is 1.00 e. The zero-order chi connectivity index (χ0) is 44.7. The van der Waals surface area contributed by atoms with Crippen LogP contribution in [0.15, 0.2) is 161 Å². The van der Waals surface area contributed by atoms with E-state index in [0.717, 1.165) is 18.2 Å². The predicted octanol–water partition coefficient (Wildman–Crippen LogP) is -0.591. The summed E-state index contributed by atoms with van der Waals surface area (Å²) in [5, 5.41) is 45.9. The van der Waals surface area contributed by atoms with Gasteiger partial charge in [0.25, 0.3) is 5.69 Å². The molecule has 0 aliphatic heterocycles. The number of nitrogens with zero attached hydrogens (tertiary/aromatic N) is 7. The second kappa shape index (κ2) is 20.9. The van der Waals surface area contributed by atoms with E-state index in [9.17, 15) is 54.1 Å². The zero-order valence-electron chi connectivity index (χ0n) is 33.9. The van der Waals surface area contributed by atoms with Crippen LogP contribution in [0.4, 0.5) is 51.2 Å². The van der Waals surface area contributed by atoms with Crippen LogP contribution in [-0.4, -0.2) is 48.9 Å². The molecule has 0 aromatic heterocycles. The molecule has 0 spiro atoms. The van der Waals surface area contributed by atoms with Crippen LogP contribution in [0.5, 0.6) is 5.75 Å². The van der Waals surface area contributed by atoms with Gasteiger partial charge in [-0.15, -0.1) is 15.3 Å². The van der Waals surface area contributed by atoms with Gasteiger partial charge in [-0.3, -0.25) is 10.1 Å². The number of nitrogens with two attached hydrogens (primary N) is 2. The summed E-state index contributed by atoms with van der Waals surface area (Å²) in [5.74, 6) is -1.03. The molecule has 5 N–H and O–H groups in total. The molecule has 0 atom stereocenters. The SMILES string of the molecule is Nc1ccc(N=Nc2ccc(-c3ccc(N=Nc4c(S(=O)(=O)[O-])cc5cc(S(=O)(=O)[O-])c(N=Nc6ccc([N+](=O)[O-])cc6)c(N)c5c4O)cc3)cc2)c2cc(S(=O)(=O)[O-])ccc12.[Na+].[Na+].[Na+]. The molecule has 7 rings (SSSR count). The summed E-state index contributed by atoms with van der Waals surface area (Å²) >= 11 is 0. The number of hydrogen-bond acceptors (Lipinski definition) is 20. The number of non-ortho nitro benzene ring substituents is 1. The fourth-order valence-electron chi connectivity index (χ4n) is 6.08. The molecule has 0 amide bonds. The standard InChI is InChI=1S/C38H27N9O12S3.3Na/c39-30-15-16-31(29-19-27(60(51,52)53)13-14-28(29)30)44-41-23-5-1-20(2-6-23)21-3-7-24(8-4-21)43-46-37-33(62(57,58)59)18-22-17-32(61(54,55)56)36(35(40)34(22)38(37)48)45-42-25-9-11-26(12-10-25)47(49)50;;;/h1-19,48H,39-40H2,(H,51,52,53)(H,54,55,56)(H,57,58,59);;;/q;3*+1/p-3. The number of fused-ring (bicyclic) bond motifs is 2. The van der Waals surface area contributed by atoms with Crippen molar-refractivity contribution in [3.05, 3.63) is 125 Å². The van der Waals surface area contributed by atoms with Crippen molar-refractivity contribution >= 4 is 103 Å². The molecule has 7 aromatic carbocycles. The fourth-order valence-corrected chi connectivity index (χ4v) is 7.88. The van der Waals surface area contributed by atoms with Crippen molar-refractivity contribution in [3.8, 4) is 16.9 Å². The number of hydrogen-bond donors (Lipinski definition) is 3. The molecule has 314 valence electrons. The third kappa shape index (κ3) is 11.9.